The smallest absolute Gasteiger partial charge is 0.261 e. The molecule has 0 unspecified atom stereocenters. The summed E-state index contributed by atoms with van der Waals surface area (Å²) >= 11 is 0. The predicted molar refractivity (Wildman–Crippen MR) is 97.5 cm³/mol. The maximum atomic E-state index is 13.1. The summed E-state index contributed by atoms with van der Waals surface area (Å²) in [7, 11) is 6.25. The van der Waals surface area contributed by atoms with E-state index in [2.05, 4.69) is 10.3 Å². The van der Waals surface area contributed by atoms with Crippen molar-refractivity contribution in [1.82, 2.24) is 14.9 Å². The van der Waals surface area contributed by atoms with Gasteiger partial charge in [0.05, 0.1) is 45.2 Å². The van der Waals surface area contributed by atoms with Gasteiger partial charge in [-0.3, -0.25) is 9.36 Å². The van der Waals surface area contributed by atoms with E-state index in [0.29, 0.717) is 34.7 Å². The first-order chi connectivity index (χ1) is 12.6. The summed E-state index contributed by atoms with van der Waals surface area (Å²) in [5.74, 6) is 1.23. The lowest BCUT2D eigenvalue weighted by atomic mass is 9.92. The Labute approximate surface area is 152 Å². The highest BCUT2D eigenvalue weighted by Gasteiger charge is 2.33. The lowest BCUT2D eigenvalue weighted by molar-refractivity contribution is -0.0474. The Morgan fingerprint density at radius 2 is 1.81 bits per heavy atom. The number of aromatic nitrogens is 2. The van der Waals surface area contributed by atoms with E-state index < -0.39 is 0 Å². The first kappa shape index (κ1) is 18.5. The number of benzene rings is 1. The van der Waals surface area contributed by atoms with Crippen LogP contribution in [0.2, 0.25) is 0 Å². The topological polar surface area (TPSA) is 83.8 Å². The number of rotatable bonds is 6. The Balaban J connectivity index is 2.12. The van der Waals surface area contributed by atoms with Gasteiger partial charge >= 0.3 is 0 Å². The van der Waals surface area contributed by atoms with Gasteiger partial charge in [0.1, 0.15) is 5.52 Å². The van der Waals surface area contributed by atoms with Crippen LogP contribution in [-0.4, -0.2) is 56.7 Å². The fourth-order valence-electron chi connectivity index (χ4n) is 3.50. The van der Waals surface area contributed by atoms with E-state index in [1.54, 1.807) is 24.1 Å². The number of nitrogens with one attached hydrogen (secondary N) is 1. The number of hydrogen-bond acceptors (Lipinski definition) is 7. The zero-order valence-corrected chi connectivity index (χ0v) is 15.6. The van der Waals surface area contributed by atoms with Crippen LogP contribution in [0.15, 0.2) is 17.2 Å². The highest BCUT2D eigenvalue weighted by atomic mass is 16.5. The molecule has 8 nitrogen and oxygen atoms in total. The molecule has 2 heterocycles. The minimum atomic E-state index is -0.370. The second-order valence-electron chi connectivity index (χ2n) is 6.36. The van der Waals surface area contributed by atoms with Crippen LogP contribution >= 0.6 is 0 Å². The van der Waals surface area contributed by atoms with Crippen molar-refractivity contribution in [2.45, 2.75) is 25.0 Å². The van der Waals surface area contributed by atoms with Crippen molar-refractivity contribution in [1.29, 1.82) is 0 Å². The van der Waals surface area contributed by atoms with Crippen molar-refractivity contribution in [3.05, 3.63) is 22.7 Å². The minimum absolute atomic E-state index is 0.163. The first-order valence-corrected chi connectivity index (χ1v) is 8.53. The molecule has 1 fully saturated rings. The van der Waals surface area contributed by atoms with Gasteiger partial charge in [-0.05, 0) is 32.0 Å². The van der Waals surface area contributed by atoms with Gasteiger partial charge < -0.3 is 24.3 Å². The maximum absolute atomic E-state index is 13.1. The van der Waals surface area contributed by atoms with Crippen molar-refractivity contribution in [3.63, 3.8) is 0 Å². The average Bonchev–Trinajstić information content (AvgIpc) is 2.69. The molecule has 0 amide bonds. The molecule has 1 aliphatic heterocycles. The lowest BCUT2D eigenvalue weighted by Gasteiger charge is -2.36. The molecular weight excluding hydrogens is 338 g/mol. The molecule has 26 heavy (non-hydrogen) atoms. The van der Waals surface area contributed by atoms with E-state index in [9.17, 15) is 4.79 Å². The number of methoxy groups -OCH3 is 4. The van der Waals surface area contributed by atoms with Gasteiger partial charge in [-0.15, -0.1) is 0 Å². The molecular formula is C18H25N3O5. The molecule has 2 aromatic rings. The average molecular weight is 363 g/mol. The predicted octanol–water partition coefficient (Wildman–Crippen LogP) is 1.19. The molecule has 1 N–H and O–H groups in total. The Morgan fingerprint density at radius 3 is 2.38 bits per heavy atom. The SMILES string of the molecule is COc1cc2c(=O)n(CC3(OC)CCNCC3)cnc2c(OC)c1OC. The minimum Gasteiger partial charge on any atom is -0.493 e. The number of fused-ring (bicyclic) bond motifs is 1. The third kappa shape index (κ3) is 3.10. The van der Waals surface area contributed by atoms with Gasteiger partial charge in [-0.2, -0.15) is 0 Å². The molecule has 0 spiro atoms. The quantitative estimate of drug-likeness (QED) is 0.825. The molecule has 0 radical (unpaired) electrons. The van der Waals surface area contributed by atoms with Gasteiger partial charge in [0.15, 0.2) is 11.5 Å². The second-order valence-corrected chi connectivity index (χ2v) is 6.36. The lowest BCUT2D eigenvalue weighted by Crippen LogP contribution is -2.47. The summed E-state index contributed by atoms with van der Waals surface area (Å²) in [6, 6.07) is 1.64. The number of ether oxygens (including phenoxy) is 4. The molecule has 0 atom stereocenters. The summed E-state index contributed by atoms with van der Waals surface area (Å²) < 4.78 is 23.5. The summed E-state index contributed by atoms with van der Waals surface area (Å²) in [5.41, 5.74) is -0.0853. The molecule has 0 aliphatic carbocycles. The van der Waals surface area contributed by atoms with Gasteiger partial charge in [0.25, 0.3) is 5.56 Å². The van der Waals surface area contributed by atoms with Crippen LogP contribution in [-0.2, 0) is 11.3 Å². The summed E-state index contributed by atoms with van der Waals surface area (Å²) in [5, 5.41) is 3.74. The number of nitrogens with zero attached hydrogens (tertiary/aromatic N) is 2. The van der Waals surface area contributed by atoms with Crippen LogP contribution in [0.4, 0.5) is 0 Å². The molecule has 1 aromatic heterocycles. The highest BCUT2D eigenvalue weighted by molar-refractivity contribution is 5.89. The molecule has 1 aliphatic rings. The standard InChI is InChI=1S/C18H25N3O5/c1-23-13-9-12-14(16(25-3)15(13)24-2)20-11-21(17(12)22)10-18(26-4)5-7-19-8-6-18/h9,11,19H,5-8,10H2,1-4H3. The van der Waals surface area contributed by atoms with Crippen LogP contribution in [0, 0.1) is 0 Å². The molecule has 0 bridgehead atoms. The number of hydrogen-bond donors (Lipinski definition) is 1. The van der Waals surface area contributed by atoms with Crippen molar-refractivity contribution < 1.29 is 18.9 Å². The molecule has 1 saturated heterocycles. The maximum Gasteiger partial charge on any atom is 0.261 e. The largest absolute Gasteiger partial charge is 0.493 e. The normalized spacial score (nSPS) is 16.5. The van der Waals surface area contributed by atoms with E-state index in [1.807, 2.05) is 0 Å². The Kier molecular flexibility index (Phi) is 5.33. The fraction of sp³-hybridized carbons (Fsp3) is 0.556. The van der Waals surface area contributed by atoms with E-state index >= 15 is 0 Å². The van der Waals surface area contributed by atoms with Crippen molar-refractivity contribution in [2.24, 2.45) is 0 Å². The van der Waals surface area contributed by atoms with Crippen LogP contribution < -0.4 is 25.1 Å². The van der Waals surface area contributed by atoms with E-state index in [4.69, 9.17) is 18.9 Å². The zero-order valence-electron chi connectivity index (χ0n) is 15.6. The third-order valence-corrected chi connectivity index (χ3v) is 5.03. The number of piperidine rings is 1. The van der Waals surface area contributed by atoms with E-state index in [1.165, 1.54) is 21.3 Å². The van der Waals surface area contributed by atoms with Crippen molar-refractivity contribution in [2.75, 3.05) is 41.5 Å². The van der Waals surface area contributed by atoms with Crippen molar-refractivity contribution in [3.8, 4) is 17.2 Å². The van der Waals surface area contributed by atoms with Crippen LogP contribution in [0.25, 0.3) is 10.9 Å². The van der Waals surface area contributed by atoms with Crippen molar-refractivity contribution >= 4 is 10.9 Å². The molecule has 0 saturated carbocycles. The molecule has 142 valence electrons. The van der Waals surface area contributed by atoms with E-state index in [-0.39, 0.29) is 11.2 Å². The van der Waals surface area contributed by atoms with Crippen LogP contribution in [0.1, 0.15) is 12.8 Å². The molecule has 3 rings (SSSR count). The van der Waals surface area contributed by atoms with Gasteiger partial charge in [0, 0.05) is 7.11 Å². The van der Waals surface area contributed by atoms with Gasteiger partial charge in [-0.1, -0.05) is 0 Å². The summed E-state index contributed by atoms with van der Waals surface area (Å²) in [6.45, 7) is 2.18. The Morgan fingerprint density at radius 1 is 1.12 bits per heavy atom. The molecule has 8 heteroatoms. The van der Waals surface area contributed by atoms with Gasteiger partial charge in [-0.25, -0.2) is 4.98 Å². The fourth-order valence-corrected chi connectivity index (χ4v) is 3.50. The van der Waals surface area contributed by atoms with Gasteiger partial charge in [0.2, 0.25) is 5.75 Å². The van der Waals surface area contributed by atoms with Crippen LogP contribution in [0.3, 0.4) is 0 Å². The zero-order chi connectivity index (χ0) is 18.7. The summed E-state index contributed by atoms with van der Waals surface area (Å²) in [6.07, 6.45) is 3.22. The Bertz CT molecular complexity index is 843. The molecule has 1 aromatic carbocycles. The monoisotopic (exact) mass is 363 g/mol. The van der Waals surface area contributed by atoms with E-state index in [0.717, 1.165) is 25.9 Å². The third-order valence-electron chi connectivity index (χ3n) is 5.03. The highest BCUT2D eigenvalue weighted by Crippen LogP contribution is 2.41. The second kappa shape index (κ2) is 7.51. The Hall–Kier alpha value is -2.32. The summed E-state index contributed by atoms with van der Waals surface area (Å²) in [4.78, 5) is 17.6. The van der Waals surface area contributed by atoms with Crippen LogP contribution in [0.5, 0.6) is 17.2 Å². The first-order valence-electron chi connectivity index (χ1n) is 8.53.